The largest absolute Gasteiger partial charge is 0.388 e. The van der Waals surface area contributed by atoms with E-state index >= 15 is 0 Å². The molecule has 6 rings (SSSR count). The number of allylic oxidation sites excluding steroid dienone is 2. The summed E-state index contributed by atoms with van der Waals surface area (Å²) < 4.78 is 1.01. The number of hydrogen-bond donors (Lipinski definition) is 1. The third-order valence-electron chi connectivity index (χ3n) is 7.02. The predicted molar refractivity (Wildman–Crippen MR) is 171 cm³/mol. The van der Waals surface area contributed by atoms with Crippen molar-refractivity contribution in [3.8, 4) is 11.1 Å². The Morgan fingerprint density at radius 1 is 0.769 bits per heavy atom. The minimum absolute atomic E-state index is 0.806. The maximum absolute atomic E-state index is 5.44. The van der Waals surface area contributed by atoms with Crippen molar-refractivity contribution in [3.05, 3.63) is 142 Å². The van der Waals surface area contributed by atoms with E-state index in [0.29, 0.717) is 0 Å². The van der Waals surface area contributed by atoms with E-state index in [1.165, 1.54) is 0 Å². The Morgan fingerprint density at radius 3 is 2.36 bits per heavy atom. The predicted octanol–water partition coefficient (Wildman–Crippen LogP) is 9.57. The Hall–Kier alpha value is -4.54. The van der Waals surface area contributed by atoms with Gasteiger partial charge in [-0.1, -0.05) is 107 Å². The van der Waals surface area contributed by atoms with E-state index in [1.807, 2.05) is 25.2 Å². The van der Waals surface area contributed by atoms with Gasteiger partial charge in [0.05, 0.1) is 17.1 Å². The molecule has 0 saturated carbocycles. The second-order valence-electron chi connectivity index (χ2n) is 9.29. The number of rotatable bonds is 5. The summed E-state index contributed by atoms with van der Waals surface area (Å²) >= 11 is 3.70. The second kappa shape index (κ2) is 10.7. The summed E-state index contributed by atoms with van der Waals surface area (Å²) in [5.41, 5.74) is 9.89. The van der Waals surface area contributed by atoms with Gasteiger partial charge in [0.15, 0.2) is 0 Å². The van der Waals surface area contributed by atoms with Gasteiger partial charge in [-0.3, -0.25) is 4.99 Å². The van der Waals surface area contributed by atoms with Gasteiger partial charge in [-0.25, -0.2) is 4.99 Å². The van der Waals surface area contributed by atoms with Crippen LogP contribution in [0.3, 0.4) is 0 Å². The van der Waals surface area contributed by atoms with Gasteiger partial charge in [0.1, 0.15) is 0 Å². The van der Waals surface area contributed by atoms with Crippen molar-refractivity contribution in [1.29, 1.82) is 0 Å². The van der Waals surface area contributed by atoms with Crippen LogP contribution in [-0.2, 0) is 0 Å². The molecule has 0 radical (unpaired) electrons. The molecule has 1 aliphatic carbocycles. The van der Waals surface area contributed by atoms with E-state index in [1.54, 1.807) is 0 Å². The molecule has 188 valence electrons. The molecule has 0 unspecified atom stereocenters. The number of benzene rings is 5. The zero-order chi connectivity index (χ0) is 26.8. The zero-order valence-corrected chi connectivity index (χ0v) is 23.1. The van der Waals surface area contributed by atoms with Gasteiger partial charge in [0, 0.05) is 45.0 Å². The van der Waals surface area contributed by atoms with Gasteiger partial charge in [-0.05, 0) is 53.4 Å². The maximum atomic E-state index is 5.44. The smallest absolute Gasteiger partial charge is 0.0809 e. The highest BCUT2D eigenvalue weighted by Gasteiger charge is 2.22. The summed E-state index contributed by atoms with van der Waals surface area (Å²) in [7, 11) is 1.95. The SMILES string of the molecule is C=N/C(=C1/C=Cc2ccccc2C1=Nc1ccc2ccccc2c1-c1cc(Br)ccc1NC)c1ccccc1. The fourth-order valence-electron chi connectivity index (χ4n) is 5.19. The molecule has 0 fully saturated rings. The molecule has 0 atom stereocenters. The van der Waals surface area contributed by atoms with Crippen LogP contribution in [0.4, 0.5) is 11.4 Å². The van der Waals surface area contributed by atoms with Crippen molar-refractivity contribution in [1.82, 2.24) is 0 Å². The summed E-state index contributed by atoms with van der Waals surface area (Å²) in [6, 6.07) is 37.6. The highest BCUT2D eigenvalue weighted by Crippen LogP contribution is 2.43. The third kappa shape index (κ3) is 4.64. The van der Waals surface area contributed by atoms with Crippen LogP contribution >= 0.6 is 15.9 Å². The van der Waals surface area contributed by atoms with E-state index in [9.17, 15) is 0 Å². The topological polar surface area (TPSA) is 36.8 Å². The first-order valence-electron chi connectivity index (χ1n) is 12.8. The first-order valence-corrected chi connectivity index (χ1v) is 13.6. The lowest BCUT2D eigenvalue weighted by molar-refractivity contribution is 1.43. The molecular weight excluding hydrogens is 542 g/mol. The van der Waals surface area contributed by atoms with Gasteiger partial charge in [-0.2, -0.15) is 0 Å². The molecule has 5 aromatic rings. The highest BCUT2D eigenvalue weighted by molar-refractivity contribution is 9.10. The molecule has 0 heterocycles. The van der Waals surface area contributed by atoms with Gasteiger partial charge >= 0.3 is 0 Å². The Labute approximate surface area is 237 Å². The maximum Gasteiger partial charge on any atom is 0.0809 e. The van der Waals surface area contributed by atoms with Crippen LogP contribution in [0.2, 0.25) is 0 Å². The molecule has 0 amide bonds. The van der Waals surface area contributed by atoms with Crippen LogP contribution in [0.5, 0.6) is 0 Å². The normalized spacial score (nSPS) is 14.8. The Balaban J connectivity index is 1.70. The summed E-state index contributed by atoms with van der Waals surface area (Å²) in [4.78, 5) is 9.94. The third-order valence-corrected chi connectivity index (χ3v) is 7.51. The number of anilines is 1. The van der Waals surface area contributed by atoms with Crippen LogP contribution in [0.1, 0.15) is 16.7 Å². The number of aliphatic imine (C=N–C) groups is 2. The van der Waals surface area contributed by atoms with Gasteiger partial charge in [0.25, 0.3) is 0 Å². The first-order chi connectivity index (χ1) is 19.2. The fraction of sp³-hybridized carbons (Fsp3) is 0.0286. The molecule has 4 heteroatoms. The summed E-state index contributed by atoms with van der Waals surface area (Å²) in [5, 5.41) is 5.68. The lowest BCUT2D eigenvalue weighted by Crippen LogP contribution is -2.11. The number of nitrogens with zero attached hydrogens (tertiary/aromatic N) is 2. The van der Waals surface area contributed by atoms with Crippen LogP contribution in [0.15, 0.2) is 135 Å². The molecule has 1 aliphatic rings. The lowest BCUT2D eigenvalue weighted by atomic mass is 9.88. The highest BCUT2D eigenvalue weighted by atomic mass is 79.9. The van der Waals surface area contributed by atoms with Crippen molar-refractivity contribution in [3.63, 3.8) is 0 Å². The quantitative estimate of drug-likeness (QED) is 0.211. The average Bonchev–Trinajstić information content (AvgIpc) is 2.99. The van der Waals surface area contributed by atoms with E-state index in [2.05, 4.69) is 136 Å². The Bertz CT molecular complexity index is 1810. The molecule has 0 spiro atoms. The number of halogens is 1. The first kappa shape index (κ1) is 24.8. The van der Waals surface area contributed by atoms with Gasteiger partial charge < -0.3 is 5.32 Å². The Morgan fingerprint density at radius 2 is 1.54 bits per heavy atom. The van der Waals surface area contributed by atoms with E-state index in [4.69, 9.17) is 4.99 Å². The molecule has 5 aromatic carbocycles. The molecule has 0 saturated heterocycles. The monoisotopic (exact) mass is 567 g/mol. The van der Waals surface area contributed by atoms with E-state index < -0.39 is 0 Å². The molecule has 39 heavy (non-hydrogen) atoms. The van der Waals surface area contributed by atoms with Gasteiger partial charge in [0.2, 0.25) is 0 Å². The molecule has 1 N–H and O–H groups in total. The van der Waals surface area contributed by atoms with Crippen LogP contribution in [-0.4, -0.2) is 19.5 Å². The summed E-state index contributed by atoms with van der Waals surface area (Å²) in [6.45, 7) is 3.94. The van der Waals surface area contributed by atoms with Crippen LogP contribution in [0.25, 0.3) is 33.7 Å². The Kier molecular flexibility index (Phi) is 6.78. The van der Waals surface area contributed by atoms with E-state index in [0.717, 1.165) is 71.4 Å². The summed E-state index contributed by atoms with van der Waals surface area (Å²) in [6.07, 6.45) is 4.24. The lowest BCUT2D eigenvalue weighted by Gasteiger charge is -2.20. The van der Waals surface area contributed by atoms with Crippen molar-refractivity contribution in [2.45, 2.75) is 0 Å². The zero-order valence-electron chi connectivity index (χ0n) is 21.5. The van der Waals surface area contributed by atoms with Crippen LogP contribution < -0.4 is 5.32 Å². The second-order valence-corrected chi connectivity index (χ2v) is 10.2. The standard InChI is InChI=1S/C35H26BrN3/c1-37-31-21-18-26(36)22-30(31)33-27-14-8-6-10-23(27)17-20-32(33)39-35-28-15-9-7-11-24(28)16-19-29(35)34(38-2)25-12-4-3-5-13-25/h3-22,37H,2H2,1H3/b34-29-,39-35?. The molecule has 3 nitrogen and oxygen atoms in total. The summed E-state index contributed by atoms with van der Waals surface area (Å²) in [5.74, 6) is 0. The van der Waals surface area contributed by atoms with Gasteiger partial charge in [-0.15, -0.1) is 0 Å². The molecule has 0 aliphatic heterocycles. The molecular formula is C35H26BrN3. The van der Waals surface area contributed by atoms with Crippen molar-refractivity contribution in [2.75, 3.05) is 12.4 Å². The minimum Gasteiger partial charge on any atom is -0.388 e. The number of fused-ring (bicyclic) bond motifs is 2. The van der Waals surface area contributed by atoms with Crippen molar-refractivity contribution in [2.24, 2.45) is 9.98 Å². The van der Waals surface area contributed by atoms with E-state index in [-0.39, 0.29) is 0 Å². The van der Waals surface area contributed by atoms with Crippen molar-refractivity contribution < 1.29 is 0 Å². The van der Waals surface area contributed by atoms with Crippen molar-refractivity contribution >= 4 is 62.3 Å². The fourth-order valence-corrected chi connectivity index (χ4v) is 5.55. The minimum atomic E-state index is 0.806. The molecule has 0 bridgehead atoms. The number of hydrogen-bond acceptors (Lipinski definition) is 3. The number of nitrogens with one attached hydrogen (secondary N) is 1. The van der Waals surface area contributed by atoms with Crippen LogP contribution in [0, 0.1) is 0 Å². The average molecular weight is 569 g/mol. The molecule has 0 aromatic heterocycles.